The molecule has 0 saturated carbocycles. The van der Waals surface area contributed by atoms with E-state index in [-0.39, 0.29) is 18.2 Å². The third-order valence-corrected chi connectivity index (χ3v) is 4.84. The normalized spacial score (nSPS) is 11.7. The number of carbonyl (C=O) groups is 2. The van der Waals surface area contributed by atoms with Gasteiger partial charge in [-0.2, -0.15) is 0 Å². The lowest BCUT2D eigenvalue weighted by Gasteiger charge is -2.28. The quantitative estimate of drug-likeness (QED) is 0.779. The van der Waals surface area contributed by atoms with E-state index in [9.17, 15) is 9.59 Å². The van der Waals surface area contributed by atoms with Gasteiger partial charge in [0.25, 0.3) is 0 Å². The maximum absolute atomic E-state index is 12.9. The molecule has 1 N–H and O–H groups in total. The highest BCUT2D eigenvalue weighted by atomic mass is 35.5. The van der Waals surface area contributed by atoms with E-state index in [0.29, 0.717) is 28.6 Å². The molecular formula is C20H22Cl2N2O2. The van der Waals surface area contributed by atoms with Crippen LogP contribution in [0.15, 0.2) is 48.5 Å². The first kappa shape index (κ1) is 20.3. The van der Waals surface area contributed by atoms with E-state index in [1.165, 1.54) is 0 Å². The van der Waals surface area contributed by atoms with Gasteiger partial charge in [-0.05, 0) is 36.6 Å². The van der Waals surface area contributed by atoms with E-state index < -0.39 is 6.04 Å². The number of amides is 2. The first-order valence-corrected chi connectivity index (χ1v) is 9.17. The standard InChI is InChI=1S/C20H22Cl2N2O2/c1-14(20(26)23-2)24(11-10-15-6-4-3-5-7-15)19(25)12-16-8-9-17(21)13-18(16)22/h3-9,13-14H,10-12H2,1-2H3,(H,23,26)/t14-/m1/s1. The number of rotatable bonds is 7. The molecular weight excluding hydrogens is 371 g/mol. The van der Waals surface area contributed by atoms with Crippen molar-refractivity contribution in [2.24, 2.45) is 0 Å². The van der Waals surface area contributed by atoms with E-state index in [2.05, 4.69) is 5.32 Å². The molecule has 0 heterocycles. The Hall–Kier alpha value is -2.04. The fraction of sp³-hybridized carbons (Fsp3) is 0.300. The molecule has 0 unspecified atom stereocenters. The summed E-state index contributed by atoms with van der Waals surface area (Å²) in [4.78, 5) is 26.6. The maximum atomic E-state index is 12.9. The van der Waals surface area contributed by atoms with Crippen molar-refractivity contribution in [1.29, 1.82) is 0 Å². The lowest BCUT2D eigenvalue weighted by molar-refractivity contribution is -0.139. The molecule has 0 aliphatic carbocycles. The van der Waals surface area contributed by atoms with Crippen LogP contribution in [0, 0.1) is 0 Å². The summed E-state index contributed by atoms with van der Waals surface area (Å²) in [5, 5.41) is 3.57. The van der Waals surface area contributed by atoms with Crippen molar-refractivity contribution >= 4 is 35.0 Å². The number of halogens is 2. The van der Waals surface area contributed by atoms with Crippen LogP contribution in [0.5, 0.6) is 0 Å². The number of likely N-dealkylation sites (N-methyl/N-ethyl adjacent to an activating group) is 1. The van der Waals surface area contributed by atoms with Gasteiger partial charge in [-0.15, -0.1) is 0 Å². The van der Waals surface area contributed by atoms with Gasteiger partial charge in [-0.1, -0.05) is 59.6 Å². The topological polar surface area (TPSA) is 49.4 Å². The molecule has 138 valence electrons. The summed E-state index contributed by atoms with van der Waals surface area (Å²) in [6, 6.07) is 14.3. The van der Waals surface area contributed by atoms with E-state index >= 15 is 0 Å². The minimum atomic E-state index is -0.567. The molecule has 2 amide bonds. The highest BCUT2D eigenvalue weighted by molar-refractivity contribution is 6.35. The maximum Gasteiger partial charge on any atom is 0.242 e. The van der Waals surface area contributed by atoms with Crippen LogP contribution in [-0.2, 0) is 22.4 Å². The van der Waals surface area contributed by atoms with Gasteiger partial charge in [0.2, 0.25) is 11.8 Å². The molecule has 0 bridgehead atoms. The monoisotopic (exact) mass is 392 g/mol. The largest absolute Gasteiger partial charge is 0.357 e. The first-order valence-electron chi connectivity index (χ1n) is 8.41. The summed E-state index contributed by atoms with van der Waals surface area (Å²) >= 11 is 12.1. The van der Waals surface area contributed by atoms with Crippen LogP contribution in [-0.4, -0.2) is 36.3 Å². The Kier molecular flexibility index (Phi) is 7.49. The van der Waals surface area contributed by atoms with Gasteiger partial charge in [-0.3, -0.25) is 9.59 Å². The zero-order valence-electron chi connectivity index (χ0n) is 14.8. The fourth-order valence-corrected chi connectivity index (χ4v) is 3.18. The molecule has 0 aliphatic rings. The van der Waals surface area contributed by atoms with Crippen LogP contribution in [0.3, 0.4) is 0 Å². The summed E-state index contributed by atoms with van der Waals surface area (Å²) in [5.41, 5.74) is 1.80. The molecule has 2 rings (SSSR count). The third-order valence-electron chi connectivity index (χ3n) is 4.25. The van der Waals surface area contributed by atoms with Gasteiger partial charge < -0.3 is 10.2 Å². The van der Waals surface area contributed by atoms with Crippen molar-refractivity contribution in [2.45, 2.75) is 25.8 Å². The lowest BCUT2D eigenvalue weighted by atomic mass is 10.1. The summed E-state index contributed by atoms with van der Waals surface area (Å²) in [7, 11) is 1.56. The van der Waals surface area contributed by atoms with Gasteiger partial charge in [0.15, 0.2) is 0 Å². The number of nitrogens with one attached hydrogen (secondary N) is 1. The zero-order valence-corrected chi connectivity index (χ0v) is 16.3. The molecule has 0 radical (unpaired) electrons. The van der Waals surface area contributed by atoms with Gasteiger partial charge in [-0.25, -0.2) is 0 Å². The third kappa shape index (κ3) is 5.48. The fourth-order valence-electron chi connectivity index (χ4n) is 2.71. The molecule has 0 fully saturated rings. The van der Waals surface area contributed by atoms with Crippen molar-refractivity contribution < 1.29 is 9.59 Å². The molecule has 0 saturated heterocycles. The average molecular weight is 393 g/mol. The Labute approximate surface area is 164 Å². The Morgan fingerprint density at radius 3 is 2.42 bits per heavy atom. The second-order valence-corrected chi connectivity index (χ2v) is 6.87. The van der Waals surface area contributed by atoms with Crippen LogP contribution < -0.4 is 5.32 Å². The van der Waals surface area contributed by atoms with E-state index in [0.717, 1.165) is 5.56 Å². The van der Waals surface area contributed by atoms with Crippen molar-refractivity contribution in [3.63, 3.8) is 0 Å². The van der Waals surface area contributed by atoms with Crippen molar-refractivity contribution in [3.8, 4) is 0 Å². The highest BCUT2D eigenvalue weighted by Gasteiger charge is 2.25. The van der Waals surface area contributed by atoms with Gasteiger partial charge in [0, 0.05) is 23.6 Å². The zero-order chi connectivity index (χ0) is 19.1. The summed E-state index contributed by atoms with van der Waals surface area (Å²) in [6.07, 6.45) is 0.786. The summed E-state index contributed by atoms with van der Waals surface area (Å²) in [5.74, 6) is -0.352. The van der Waals surface area contributed by atoms with Gasteiger partial charge >= 0.3 is 0 Å². The van der Waals surface area contributed by atoms with Crippen LogP contribution in [0.4, 0.5) is 0 Å². The molecule has 26 heavy (non-hydrogen) atoms. The minimum absolute atomic E-state index is 0.117. The highest BCUT2D eigenvalue weighted by Crippen LogP contribution is 2.22. The van der Waals surface area contributed by atoms with Gasteiger partial charge in [0.05, 0.1) is 6.42 Å². The molecule has 0 aliphatic heterocycles. The van der Waals surface area contributed by atoms with Crippen LogP contribution in [0.25, 0.3) is 0 Å². The number of benzene rings is 2. The average Bonchev–Trinajstić information content (AvgIpc) is 2.64. The minimum Gasteiger partial charge on any atom is -0.357 e. The SMILES string of the molecule is CNC(=O)[C@@H](C)N(CCc1ccccc1)C(=O)Cc1ccc(Cl)cc1Cl. The van der Waals surface area contributed by atoms with E-state index in [1.807, 2.05) is 30.3 Å². The predicted molar refractivity (Wildman–Crippen MR) is 106 cm³/mol. The Morgan fingerprint density at radius 1 is 1.12 bits per heavy atom. The molecule has 4 nitrogen and oxygen atoms in total. The summed E-state index contributed by atoms with van der Waals surface area (Å²) < 4.78 is 0. The molecule has 1 atom stereocenters. The number of carbonyl (C=O) groups excluding carboxylic acids is 2. The van der Waals surface area contributed by atoms with E-state index in [1.54, 1.807) is 37.1 Å². The molecule has 2 aromatic rings. The Morgan fingerprint density at radius 2 is 1.81 bits per heavy atom. The molecule has 0 spiro atoms. The molecule has 6 heteroatoms. The Balaban J connectivity index is 2.15. The van der Waals surface area contributed by atoms with Crippen molar-refractivity contribution in [3.05, 3.63) is 69.7 Å². The summed E-state index contributed by atoms with van der Waals surface area (Å²) in [6.45, 7) is 2.17. The molecule has 2 aromatic carbocycles. The molecule has 0 aromatic heterocycles. The van der Waals surface area contributed by atoms with Gasteiger partial charge in [0.1, 0.15) is 6.04 Å². The second kappa shape index (κ2) is 9.60. The van der Waals surface area contributed by atoms with E-state index in [4.69, 9.17) is 23.2 Å². The number of nitrogens with zero attached hydrogens (tertiary/aromatic N) is 1. The van der Waals surface area contributed by atoms with Crippen molar-refractivity contribution in [2.75, 3.05) is 13.6 Å². The van der Waals surface area contributed by atoms with Crippen LogP contribution in [0.1, 0.15) is 18.1 Å². The predicted octanol–water partition coefficient (Wildman–Crippen LogP) is 3.74. The number of hydrogen-bond donors (Lipinski definition) is 1. The Bertz CT molecular complexity index is 766. The number of hydrogen-bond acceptors (Lipinski definition) is 2. The lowest BCUT2D eigenvalue weighted by Crippen LogP contribution is -2.48. The second-order valence-electron chi connectivity index (χ2n) is 6.03. The van der Waals surface area contributed by atoms with Crippen LogP contribution >= 0.6 is 23.2 Å². The smallest absolute Gasteiger partial charge is 0.242 e. The first-order chi connectivity index (χ1) is 12.4. The van der Waals surface area contributed by atoms with Crippen LogP contribution in [0.2, 0.25) is 10.0 Å². The van der Waals surface area contributed by atoms with Crippen molar-refractivity contribution in [1.82, 2.24) is 10.2 Å².